The molecule has 8 heteroatoms. The van der Waals surface area contributed by atoms with Crippen LogP contribution in [0.4, 0.5) is 15.6 Å². The maximum atomic E-state index is 11.7. The Labute approximate surface area is 107 Å². The number of nitrogens with zero attached hydrogens (tertiary/aromatic N) is 3. The van der Waals surface area contributed by atoms with Gasteiger partial charge in [0, 0.05) is 17.5 Å². The Hall–Kier alpha value is -1.96. The van der Waals surface area contributed by atoms with Crippen LogP contribution >= 0.6 is 11.5 Å². The average molecular weight is 265 g/mol. The van der Waals surface area contributed by atoms with E-state index < -0.39 is 0 Å². The van der Waals surface area contributed by atoms with Crippen molar-refractivity contribution >= 4 is 28.4 Å². The highest BCUT2D eigenvalue weighted by Crippen LogP contribution is 2.39. The van der Waals surface area contributed by atoms with Gasteiger partial charge in [-0.1, -0.05) is 5.16 Å². The number of anilines is 2. The number of urea groups is 1. The number of carbonyl (C=O) groups excluding carboxylic acids is 1. The lowest BCUT2D eigenvalue weighted by molar-refractivity contribution is 0.262. The van der Waals surface area contributed by atoms with Crippen LogP contribution in [-0.4, -0.2) is 20.5 Å². The van der Waals surface area contributed by atoms with Gasteiger partial charge in [0.25, 0.3) is 0 Å². The number of hydrogen-bond donors (Lipinski definition) is 2. The third kappa shape index (κ3) is 2.33. The summed E-state index contributed by atoms with van der Waals surface area (Å²) in [7, 11) is 0. The van der Waals surface area contributed by atoms with Gasteiger partial charge in [0.2, 0.25) is 5.13 Å². The molecule has 1 aliphatic carbocycles. The minimum atomic E-state index is -0.375. The minimum Gasteiger partial charge on any atom is -0.362 e. The van der Waals surface area contributed by atoms with Crippen LogP contribution in [0.5, 0.6) is 0 Å². The first kappa shape index (κ1) is 11.1. The predicted molar refractivity (Wildman–Crippen MR) is 65.8 cm³/mol. The Morgan fingerprint density at radius 3 is 3.00 bits per heavy atom. The molecule has 2 heterocycles. The lowest BCUT2D eigenvalue weighted by atomic mass is 10.4. The zero-order chi connectivity index (χ0) is 12.5. The van der Waals surface area contributed by atoms with Gasteiger partial charge in [-0.2, -0.15) is 4.37 Å². The molecule has 3 rings (SSSR count). The maximum absolute atomic E-state index is 11.7. The molecule has 1 saturated carbocycles. The second kappa shape index (κ2) is 4.37. The molecule has 0 unspecified atom stereocenters. The zero-order valence-corrected chi connectivity index (χ0v) is 10.5. The van der Waals surface area contributed by atoms with Gasteiger partial charge < -0.3 is 9.84 Å². The molecule has 0 spiro atoms. The van der Waals surface area contributed by atoms with Crippen molar-refractivity contribution in [2.24, 2.45) is 0 Å². The highest BCUT2D eigenvalue weighted by Gasteiger charge is 2.28. The number of aromatic nitrogens is 3. The second-order valence-corrected chi connectivity index (χ2v) is 4.88. The van der Waals surface area contributed by atoms with Crippen molar-refractivity contribution in [3.8, 4) is 0 Å². The van der Waals surface area contributed by atoms with E-state index in [0.717, 1.165) is 18.7 Å². The lowest BCUT2D eigenvalue weighted by Gasteiger charge is -2.01. The van der Waals surface area contributed by atoms with E-state index in [9.17, 15) is 4.79 Å². The molecular weight excluding hydrogens is 254 g/mol. The SMILES string of the molecule is Cc1nocc1NC(=O)Nc1nc(C2CC2)ns1. The van der Waals surface area contributed by atoms with E-state index in [1.807, 2.05) is 0 Å². The van der Waals surface area contributed by atoms with Gasteiger partial charge in [0.1, 0.15) is 23.5 Å². The van der Waals surface area contributed by atoms with Crippen LogP contribution in [0.15, 0.2) is 10.8 Å². The Morgan fingerprint density at radius 1 is 1.50 bits per heavy atom. The summed E-state index contributed by atoms with van der Waals surface area (Å²) in [6, 6.07) is -0.375. The minimum absolute atomic E-state index is 0.375. The van der Waals surface area contributed by atoms with Crippen LogP contribution in [0.25, 0.3) is 0 Å². The summed E-state index contributed by atoms with van der Waals surface area (Å²) in [6.45, 7) is 1.75. The Morgan fingerprint density at radius 2 is 2.33 bits per heavy atom. The highest BCUT2D eigenvalue weighted by molar-refractivity contribution is 7.09. The molecule has 2 amide bonds. The molecule has 0 saturated heterocycles. The van der Waals surface area contributed by atoms with Gasteiger partial charge in [-0.3, -0.25) is 5.32 Å². The van der Waals surface area contributed by atoms with E-state index in [-0.39, 0.29) is 6.03 Å². The first-order chi connectivity index (χ1) is 8.72. The molecule has 2 N–H and O–H groups in total. The van der Waals surface area contributed by atoms with Crippen molar-refractivity contribution in [2.45, 2.75) is 25.7 Å². The summed E-state index contributed by atoms with van der Waals surface area (Å²) >= 11 is 1.19. The topological polar surface area (TPSA) is 92.9 Å². The molecule has 1 fully saturated rings. The molecule has 7 nitrogen and oxygen atoms in total. The van der Waals surface area contributed by atoms with Crippen LogP contribution in [0.1, 0.15) is 30.3 Å². The highest BCUT2D eigenvalue weighted by atomic mass is 32.1. The number of rotatable bonds is 3. The molecule has 2 aromatic rings. The molecule has 0 radical (unpaired) electrons. The Balaban J connectivity index is 1.61. The predicted octanol–water partition coefficient (Wildman–Crippen LogP) is 2.36. The van der Waals surface area contributed by atoms with Gasteiger partial charge in [-0.15, -0.1) is 0 Å². The third-order valence-electron chi connectivity index (χ3n) is 2.60. The maximum Gasteiger partial charge on any atom is 0.325 e. The molecule has 2 aromatic heterocycles. The standard InChI is InChI=1S/C10H11N5O2S/c1-5-7(4-17-14-5)11-9(16)13-10-12-8(15-18-10)6-2-3-6/h4,6H,2-3H2,1H3,(H2,11,12,13,15,16). The van der Waals surface area contributed by atoms with E-state index in [2.05, 4.69) is 25.1 Å². The monoisotopic (exact) mass is 265 g/mol. The molecule has 18 heavy (non-hydrogen) atoms. The van der Waals surface area contributed by atoms with E-state index in [1.165, 1.54) is 17.8 Å². The fraction of sp³-hybridized carbons (Fsp3) is 0.400. The molecule has 94 valence electrons. The largest absolute Gasteiger partial charge is 0.362 e. The van der Waals surface area contributed by atoms with Crippen molar-refractivity contribution in [3.05, 3.63) is 17.8 Å². The quantitative estimate of drug-likeness (QED) is 0.888. The summed E-state index contributed by atoms with van der Waals surface area (Å²) < 4.78 is 8.93. The van der Waals surface area contributed by atoms with Crippen molar-refractivity contribution < 1.29 is 9.32 Å². The van der Waals surface area contributed by atoms with Crippen LogP contribution in [0.3, 0.4) is 0 Å². The van der Waals surface area contributed by atoms with Gasteiger partial charge >= 0.3 is 6.03 Å². The Bertz CT molecular complexity index is 574. The van der Waals surface area contributed by atoms with Gasteiger partial charge in [0.15, 0.2) is 0 Å². The van der Waals surface area contributed by atoms with E-state index in [0.29, 0.717) is 22.4 Å². The van der Waals surface area contributed by atoms with Crippen molar-refractivity contribution in [1.82, 2.24) is 14.5 Å². The second-order valence-electron chi connectivity index (χ2n) is 4.12. The molecule has 1 aliphatic rings. The molecule has 0 atom stereocenters. The van der Waals surface area contributed by atoms with Gasteiger partial charge in [-0.05, 0) is 19.8 Å². The fourth-order valence-corrected chi connectivity index (χ4v) is 2.10. The molecule has 0 aromatic carbocycles. The van der Waals surface area contributed by atoms with Crippen molar-refractivity contribution in [1.29, 1.82) is 0 Å². The van der Waals surface area contributed by atoms with E-state index in [1.54, 1.807) is 6.92 Å². The average Bonchev–Trinajstić information content (AvgIpc) is 2.97. The lowest BCUT2D eigenvalue weighted by Crippen LogP contribution is -2.19. The van der Waals surface area contributed by atoms with Gasteiger partial charge in [0.05, 0.1) is 0 Å². The number of aryl methyl sites for hydroxylation is 1. The van der Waals surface area contributed by atoms with Crippen LogP contribution in [0, 0.1) is 6.92 Å². The third-order valence-corrected chi connectivity index (χ3v) is 3.25. The number of amides is 2. The van der Waals surface area contributed by atoms with E-state index in [4.69, 9.17) is 4.52 Å². The zero-order valence-electron chi connectivity index (χ0n) is 9.64. The normalized spacial score (nSPS) is 14.5. The number of carbonyl (C=O) groups is 1. The number of hydrogen-bond acceptors (Lipinski definition) is 6. The van der Waals surface area contributed by atoms with Crippen molar-refractivity contribution in [3.63, 3.8) is 0 Å². The first-order valence-corrected chi connectivity index (χ1v) is 6.32. The number of nitrogens with one attached hydrogen (secondary N) is 2. The van der Waals surface area contributed by atoms with Crippen LogP contribution < -0.4 is 10.6 Å². The van der Waals surface area contributed by atoms with Crippen LogP contribution in [-0.2, 0) is 0 Å². The summed E-state index contributed by atoms with van der Waals surface area (Å²) in [4.78, 5) is 15.9. The molecular formula is C10H11N5O2S. The van der Waals surface area contributed by atoms with E-state index >= 15 is 0 Å². The smallest absolute Gasteiger partial charge is 0.325 e. The van der Waals surface area contributed by atoms with Crippen LogP contribution in [0.2, 0.25) is 0 Å². The summed E-state index contributed by atoms with van der Waals surface area (Å²) in [5.41, 5.74) is 1.17. The molecule has 0 bridgehead atoms. The van der Waals surface area contributed by atoms with Gasteiger partial charge in [-0.25, -0.2) is 9.78 Å². The molecule has 0 aliphatic heterocycles. The Kier molecular flexibility index (Phi) is 2.71. The fourth-order valence-electron chi connectivity index (χ4n) is 1.46. The first-order valence-electron chi connectivity index (χ1n) is 5.55. The summed E-state index contributed by atoms with van der Waals surface area (Å²) in [6.07, 6.45) is 3.66. The van der Waals surface area contributed by atoms with Crippen molar-refractivity contribution in [2.75, 3.05) is 10.6 Å². The summed E-state index contributed by atoms with van der Waals surface area (Å²) in [5, 5.41) is 9.43. The summed E-state index contributed by atoms with van der Waals surface area (Å²) in [5.74, 6) is 1.32.